The van der Waals surface area contributed by atoms with E-state index < -0.39 is 0 Å². The maximum atomic E-state index is 9.22. The highest BCUT2D eigenvalue weighted by molar-refractivity contribution is 5.42. The molecule has 2 aromatic carbocycles. The molecule has 0 saturated carbocycles. The third kappa shape index (κ3) is 5.68. The first-order valence-electron chi connectivity index (χ1n) is 8.07. The van der Waals surface area contributed by atoms with Crippen LogP contribution in [0.3, 0.4) is 0 Å². The molecule has 116 valence electrons. The first-order chi connectivity index (χ1) is 10.8. The second kappa shape index (κ2) is 8.98. The Balaban J connectivity index is 1.82. The Labute approximate surface area is 132 Å². The van der Waals surface area contributed by atoms with Crippen molar-refractivity contribution in [3.05, 3.63) is 54.1 Å². The van der Waals surface area contributed by atoms with Gasteiger partial charge in [0.05, 0.1) is 11.4 Å². The molecule has 0 aromatic heterocycles. The van der Waals surface area contributed by atoms with Gasteiger partial charge in [-0.3, -0.25) is 0 Å². The number of benzene rings is 2. The zero-order valence-corrected chi connectivity index (χ0v) is 13.2. The zero-order chi connectivity index (χ0) is 15.6. The van der Waals surface area contributed by atoms with Gasteiger partial charge in [0.1, 0.15) is 5.75 Å². The summed E-state index contributed by atoms with van der Waals surface area (Å²) in [5, 5.41) is 17.6. The molecule has 0 heterocycles. The van der Waals surface area contributed by atoms with Crippen LogP contribution in [0.1, 0.15) is 44.6 Å². The summed E-state index contributed by atoms with van der Waals surface area (Å²) < 4.78 is 0. The van der Waals surface area contributed by atoms with Crippen LogP contribution in [0.2, 0.25) is 0 Å². The molecule has 0 aliphatic carbocycles. The van der Waals surface area contributed by atoms with Crippen molar-refractivity contribution in [2.24, 2.45) is 10.2 Å². The molecule has 0 aliphatic rings. The molecule has 3 nitrogen and oxygen atoms in total. The van der Waals surface area contributed by atoms with Gasteiger partial charge in [-0.2, -0.15) is 10.2 Å². The van der Waals surface area contributed by atoms with Gasteiger partial charge in [-0.25, -0.2) is 0 Å². The predicted molar refractivity (Wildman–Crippen MR) is 91.2 cm³/mol. The lowest BCUT2D eigenvalue weighted by Gasteiger charge is -2.02. The number of aromatic hydroxyl groups is 1. The topological polar surface area (TPSA) is 45.0 Å². The van der Waals surface area contributed by atoms with Crippen LogP contribution >= 0.6 is 0 Å². The summed E-state index contributed by atoms with van der Waals surface area (Å²) in [6, 6.07) is 15.0. The normalized spacial score (nSPS) is 11.1. The summed E-state index contributed by atoms with van der Waals surface area (Å²) in [5.41, 5.74) is 2.95. The number of phenols is 1. The molecule has 0 radical (unpaired) electrons. The average Bonchev–Trinajstić information content (AvgIpc) is 2.55. The van der Waals surface area contributed by atoms with Gasteiger partial charge in [-0.15, -0.1) is 0 Å². The van der Waals surface area contributed by atoms with Gasteiger partial charge in [0.25, 0.3) is 0 Å². The minimum Gasteiger partial charge on any atom is -0.508 e. The second-order valence-corrected chi connectivity index (χ2v) is 5.55. The highest BCUT2D eigenvalue weighted by Crippen LogP contribution is 2.21. The number of aryl methyl sites for hydroxylation is 1. The molecule has 0 fully saturated rings. The molecule has 0 atom stereocenters. The van der Waals surface area contributed by atoms with E-state index >= 15 is 0 Å². The molecule has 1 N–H and O–H groups in total. The van der Waals surface area contributed by atoms with Crippen molar-refractivity contribution in [2.45, 2.75) is 45.4 Å². The third-order valence-electron chi connectivity index (χ3n) is 3.64. The zero-order valence-electron chi connectivity index (χ0n) is 13.2. The van der Waals surface area contributed by atoms with Gasteiger partial charge in [-0.1, -0.05) is 44.7 Å². The molecule has 0 amide bonds. The Morgan fingerprint density at radius 1 is 0.727 bits per heavy atom. The van der Waals surface area contributed by atoms with Crippen molar-refractivity contribution in [1.29, 1.82) is 0 Å². The SMILES string of the molecule is CCCCCCCc1ccc(N=Nc2ccc(O)cc2)cc1. The summed E-state index contributed by atoms with van der Waals surface area (Å²) >= 11 is 0. The summed E-state index contributed by atoms with van der Waals surface area (Å²) in [4.78, 5) is 0. The van der Waals surface area contributed by atoms with Gasteiger partial charge in [-0.05, 0) is 54.8 Å². The second-order valence-electron chi connectivity index (χ2n) is 5.55. The molecular formula is C19H24N2O. The monoisotopic (exact) mass is 296 g/mol. The number of hydrogen-bond acceptors (Lipinski definition) is 3. The lowest BCUT2D eigenvalue weighted by Crippen LogP contribution is -1.85. The lowest BCUT2D eigenvalue weighted by atomic mass is 10.1. The van der Waals surface area contributed by atoms with Crippen LogP contribution in [-0.2, 0) is 6.42 Å². The number of unbranched alkanes of at least 4 members (excludes halogenated alkanes) is 4. The number of rotatable bonds is 8. The van der Waals surface area contributed by atoms with Gasteiger partial charge in [0.2, 0.25) is 0 Å². The van der Waals surface area contributed by atoms with Gasteiger partial charge in [0.15, 0.2) is 0 Å². The number of azo groups is 1. The first kappa shape index (κ1) is 16.2. The van der Waals surface area contributed by atoms with Crippen molar-refractivity contribution in [2.75, 3.05) is 0 Å². The minimum atomic E-state index is 0.238. The molecular weight excluding hydrogens is 272 g/mol. The summed E-state index contributed by atoms with van der Waals surface area (Å²) in [6.07, 6.45) is 7.69. The largest absolute Gasteiger partial charge is 0.508 e. The van der Waals surface area contributed by atoms with E-state index in [9.17, 15) is 5.11 Å². The van der Waals surface area contributed by atoms with Crippen LogP contribution in [0.25, 0.3) is 0 Å². The molecule has 2 aromatic rings. The summed E-state index contributed by atoms with van der Waals surface area (Å²) in [7, 11) is 0. The fourth-order valence-corrected chi connectivity index (χ4v) is 2.30. The Bertz CT molecular complexity index is 573. The van der Waals surface area contributed by atoms with E-state index in [-0.39, 0.29) is 5.75 Å². The molecule has 2 rings (SSSR count). The van der Waals surface area contributed by atoms with E-state index in [1.807, 2.05) is 12.1 Å². The predicted octanol–water partition coefficient (Wildman–Crippen LogP) is 6.32. The number of nitrogens with zero attached hydrogens (tertiary/aromatic N) is 2. The molecule has 0 aliphatic heterocycles. The summed E-state index contributed by atoms with van der Waals surface area (Å²) in [5.74, 6) is 0.238. The van der Waals surface area contributed by atoms with E-state index in [1.165, 1.54) is 37.7 Å². The van der Waals surface area contributed by atoms with Crippen LogP contribution in [-0.4, -0.2) is 5.11 Å². The standard InChI is InChI=1S/C19H24N2O/c1-2-3-4-5-6-7-16-8-10-17(11-9-16)20-21-18-12-14-19(22)15-13-18/h8-15,22H,2-7H2,1H3. The van der Waals surface area contributed by atoms with E-state index in [0.717, 1.165) is 17.8 Å². The third-order valence-corrected chi connectivity index (χ3v) is 3.64. The van der Waals surface area contributed by atoms with Gasteiger partial charge < -0.3 is 5.11 Å². The van der Waals surface area contributed by atoms with Gasteiger partial charge in [0, 0.05) is 0 Å². The van der Waals surface area contributed by atoms with Crippen LogP contribution in [0.5, 0.6) is 5.75 Å². The lowest BCUT2D eigenvalue weighted by molar-refractivity contribution is 0.475. The quantitative estimate of drug-likeness (QED) is 0.449. The van der Waals surface area contributed by atoms with Crippen LogP contribution in [0.15, 0.2) is 58.8 Å². The highest BCUT2D eigenvalue weighted by atomic mass is 16.3. The molecule has 0 bridgehead atoms. The molecule has 0 spiro atoms. The first-order valence-corrected chi connectivity index (χ1v) is 8.07. The van der Waals surface area contributed by atoms with Gasteiger partial charge >= 0.3 is 0 Å². The van der Waals surface area contributed by atoms with E-state index in [4.69, 9.17) is 0 Å². The minimum absolute atomic E-state index is 0.238. The smallest absolute Gasteiger partial charge is 0.115 e. The van der Waals surface area contributed by atoms with Crippen LogP contribution < -0.4 is 0 Å². The maximum absolute atomic E-state index is 9.22. The molecule has 3 heteroatoms. The number of hydrogen-bond donors (Lipinski definition) is 1. The maximum Gasteiger partial charge on any atom is 0.115 e. The summed E-state index contributed by atoms with van der Waals surface area (Å²) in [6.45, 7) is 2.24. The van der Waals surface area contributed by atoms with Crippen molar-refractivity contribution in [1.82, 2.24) is 0 Å². The number of phenolic OH excluding ortho intramolecular Hbond substituents is 1. The molecule has 0 saturated heterocycles. The molecule has 22 heavy (non-hydrogen) atoms. The van der Waals surface area contributed by atoms with Crippen LogP contribution in [0, 0.1) is 0 Å². The molecule has 0 unspecified atom stereocenters. The highest BCUT2D eigenvalue weighted by Gasteiger charge is 1.96. The van der Waals surface area contributed by atoms with E-state index in [1.54, 1.807) is 24.3 Å². The fraction of sp³-hybridized carbons (Fsp3) is 0.368. The van der Waals surface area contributed by atoms with Crippen LogP contribution in [0.4, 0.5) is 11.4 Å². The van der Waals surface area contributed by atoms with Crippen molar-refractivity contribution < 1.29 is 5.11 Å². The Hall–Kier alpha value is -2.16. The van der Waals surface area contributed by atoms with E-state index in [2.05, 4.69) is 29.3 Å². The fourth-order valence-electron chi connectivity index (χ4n) is 2.30. The van der Waals surface area contributed by atoms with Crippen molar-refractivity contribution >= 4 is 11.4 Å². The van der Waals surface area contributed by atoms with E-state index in [0.29, 0.717) is 0 Å². The Morgan fingerprint density at radius 2 is 1.27 bits per heavy atom. The van der Waals surface area contributed by atoms with Crippen molar-refractivity contribution in [3.8, 4) is 5.75 Å². The Morgan fingerprint density at radius 3 is 1.86 bits per heavy atom. The Kier molecular flexibility index (Phi) is 6.62. The average molecular weight is 296 g/mol. The van der Waals surface area contributed by atoms with Crippen molar-refractivity contribution in [3.63, 3.8) is 0 Å².